The van der Waals surface area contributed by atoms with Crippen LogP contribution in [0.5, 0.6) is 0 Å². The lowest BCUT2D eigenvalue weighted by Gasteiger charge is -2.19. The van der Waals surface area contributed by atoms with Gasteiger partial charge in [-0.05, 0) is 46.1 Å². The summed E-state index contributed by atoms with van der Waals surface area (Å²) in [6.45, 7) is 12.8. The second kappa shape index (κ2) is 9.02. The van der Waals surface area contributed by atoms with E-state index in [0.29, 0.717) is 5.56 Å². The van der Waals surface area contributed by atoms with Crippen LogP contribution in [0.2, 0.25) is 0 Å². The van der Waals surface area contributed by atoms with E-state index < -0.39 is 23.6 Å². The van der Waals surface area contributed by atoms with Crippen molar-refractivity contribution < 1.29 is 28.6 Å². The zero-order chi connectivity index (χ0) is 20.1. The normalized spacial score (nSPS) is 11.2. The van der Waals surface area contributed by atoms with Gasteiger partial charge in [-0.2, -0.15) is 0 Å². The summed E-state index contributed by atoms with van der Waals surface area (Å²) in [5.74, 6) is -0.970. The minimum Gasteiger partial charge on any atom is -0.462 e. The molecular formula is C18H27NO6S. The number of carbonyl (C=O) groups excluding carboxylic acids is 3. The largest absolute Gasteiger partial charge is 0.462 e. The van der Waals surface area contributed by atoms with Crippen LogP contribution in [-0.4, -0.2) is 36.8 Å². The van der Waals surface area contributed by atoms with Gasteiger partial charge < -0.3 is 14.2 Å². The van der Waals surface area contributed by atoms with Crippen molar-refractivity contribution in [2.45, 2.75) is 54.1 Å². The molecule has 1 N–H and O–H groups in total. The molecule has 0 aromatic carbocycles. The molecule has 1 amide bonds. The van der Waals surface area contributed by atoms with Crippen LogP contribution in [0, 0.1) is 12.8 Å². The van der Waals surface area contributed by atoms with E-state index >= 15 is 0 Å². The Bertz CT molecular complexity index is 672. The molecule has 1 aromatic rings. The summed E-state index contributed by atoms with van der Waals surface area (Å²) in [4.78, 5) is 36.9. The number of amides is 1. The van der Waals surface area contributed by atoms with Gasteiger partial charge in [0.25, 0.3) is 0 Å². The Morgan fingerprint density at radius 3 is 2.23 bits per heavy atom. The van der Waals surface area contributed by atoms with Crippen LogP contribution in [0.3, 0.4) is 0 Å². The fourth-order valence-corrected chi connectivity index (χ4v) is 3.02. The lowest BCUT2D eigenvalue weighted by Crippen LogP contribution is -2.27. The quantitative estimate of drug-likeness (QED) is 0.577. The molecule has 0 aliphatic rings. The first kappa shape index (κ1) is 22.0. The molecule has 0 atom stereocenters. The molecule has 1 rings (SSSR count). The van der Waals surface area contributed by atoms with Crippen molar-refractivity contribution in [3.8, 4) is 0 Å². The first-order chi connectivity index (χ1) is 12.0. The minimum atomic E-state index is -0.716. The first-order valence-electron chi connectivity index (χ1n) is 8.43. The molecule has 0 saturated carbocycles. The third-order valence-corrected chi connectivity index (χ3v) is 4.16. The Hall–Kier alpha value is -2.09. The molecule has 146 valence electrons. The van der Waals surface area contributed by atoms with E-state index in [1.165, 1.54) is 0 Å². The fourth-order valence-electron chi connectivity index (χ4n) is 1.95. The van der Waals surface area contributed by atoms with Crippen molar-refractivity contribution in [1.29, 1.82) is 0 Å². The second-order valence-electron chi connectivity index (χ2n) is 7.10. The van der Waals surface area contributed by atoms with Gasteiger partial charge in [0, 0.05) is 0 Å². The van der Waals surface area contributed by atoms with Gasteiger partial charge in [-0.15, -0.1) is 11.3 Å². The summed E-state index contributed by atoms with van der Waals surface area (Å²) in [7, 11) is 0. The average molecular weight is 385 g/mol. The van der Waals surface area contributed by atoms with Crippen molar-refractivity contribution in [2.75, 3.05) is 18.5 Å². The van der Waals surface area contributed by atoms with Gasteiger partial charge >= 0.3 is 18.0 Å². The van der Waals surface area contributed by atoms with Crippen LogP contribution < -0.4 is 5.32 Å². The summed E-state index contributed by atoms with van der Waals surface area (Å²) in [5, 5.41) is 2.74. The maximum atomic E-state index is 12.3. The molecule has 0 aliphatic heterocycles. The highest BCUT2D eigenvalue weighted by atomic mass is 32.1. The monoisotopic (exact) mass is 385 g/mol. The van der Waals surface area contributed by atoms with Crippen LogP contribution in [-0.2, 0) is 14.2 Å². The van der Waals surface area contributed by atoms with Crippen molar-refractivity contribution in [1.82, 2.24) is 0 Å². The van der Waals surface area contributed by atoms with Crippen molar-refractivity contribution in [3.63, 3.8) is 0 Å². The molecule has 7 nitrogen and oxygen atoms in total. The zero-order valence-electron chi connectivity index (χ0n) is 16.3. The van der Waals surface area contributed by atoms with E-state index in [2.05, 4.69) is 5.32 Å². The highest BCUT2D eigenvalue weighted by Gasteiger charge is 2.28. The van der Waals surface area contributed by atoms with Gasteiger partial charge in [-0.3, -0.25) is 5.32 Å². The maximum Gasteiger partial charge on any atom is 0.412 e. The Kier molecular flexibility index (Phi) is 7.62. The molecule has 1 heterocycles. The highest BCUT2D eigenvalue weighted by molar-refractivity contribution is 7.18. The van der Waals surface area contributed by atoms with Crippen LogP contribution >= 0.6 is 11.3 Å². The van der Waals surface area contributed by atoms with E-state index in [0.717, 1.165) is 11.3 Å². The molecule has 0 spiro atoms. The molecule has 0 fully saturated rings. The number of hydrogen-bond donors (Lipinski definition) is 1. The topological polar surface area (TPSA) is 90.9 Å². The lowest BCUT2D eigenvalue weighted by atomic mass is 10.1. The number of thiophene rings is 1. The molecule has 0 aliphatic carbocycles. The van der Waals surface area contributed by atoms with E-state index in [4.69, 9.17) is 14.2 Å². The predicted octanol–water partition coefficient (Wildman–Crippen LogP) is 4.39. The van der Waals surface area contributed by atoms with Gasteiger partial charge in [0.2, 0.25) is 0 Å². The van der Waals surface area contributed by atoms with Crippen molar-refractivity contribution >= 4 is 34.4 Å². The summed E-state index contributed by atoms with van der Waals surface area (Å²) < 4.78 is 15.5. The van der Waals surface area contributed by atoms with Gasteiger partial charge in [0.1, 0.15) is 15.5 Å². The average Bonchev–Trinajstić information content (AvgIpc) is 2.79. The minimum absolute atomic E-state index is 0.138. The van der Waals surface area contributed by atoms with Gasteiger partial charge in [0.15, 0.2) is 0 Å². The summed E-state index contributed by atoms with van der Waals surface area (Å²) in [6.07, 6.45) is -0.716. The molecule has 8 heteroatoms. The highest BCUT2D eigenvalue weighted by Crippen LogP contribution is 2.34. The van der Waals surface area contributed by atoms with E-state index in [1.54, 1.807) is 34.6 Å². The van der Waals surface area contributed by atoms with Crippen LogP contribution in [0.15, 0.2) is 0 Å². The Balaban J connectivity index is 3.17. The van der Waals surface area contributed by atoms with E-state index in [9.17, 15) is 14.4 Å². The Labute approximate surface area is 158 Å². The molecule has 0 unspecified atom stereocenters. The van der Waals surface area contributed by atoms with Crippen LogP contribution in [0.1, 0.15) is 67.1 Å². The molecule has 0 bridgehead atoms. The second-order valence-corrected chi connectivity index (χ2v) is 8.12. The maximum absolute atomic E-state index is 12.3. The molecule has 0 saturated heterocycles. The van der Waals surface area contributed by atoms with E-state index in [1.807, 2.05) is 13.8 Å². The first-order valence-corrected chi connectivity index (χ1v) is 9.25. The van der Waals surface area contributed by atoms with Gasteiger partial charge in [-0.1, -0.05) is 13.8 Å². The predicted molar refractivity (Wildman–Crippen MR) is 100.0 cm³/mol. The van der Waals surface area contributed by atoms with Gasteiger partial charge in [0.05, 0.1) is 18.8 Å². The SMILES string of the molecule is CCOC(=O)c1c(NC(=O)OC(C)(C)C)sc(C(=O)OCC(C)C)c1C. The number of carbonyl (C=O) groups is 3. The lowest BCUT2D eigenvalue weighted by molar-refractivity contribution is 0.0463. The molecular weight excluding hydrogens is 358 g/mol. The summed E-state index contributed by atoms with van der Waals surface area (Å²) >= 11 is 0.967. The smallest absolute Gasteiger partial charge is 0.412 e. The molecule has 1 aromatic heterocycles. The standard InChI is InChI=1S/C18H27NO6S/c1-8-23-15(20)12-11(4)13(16(21)24-9-10(2)3)26-14(12)19-17(22)25-18(5,6)7/h10H,8-9H2,1-7H3,(H,19,22). The molecule has 26 heavy (non-hydrogen) atoms. The number of anilines is 1. The van der Waals surface area contributed by atoms with Gasteiger partial charge in [-0.25, -0.2) is 14.4 Å². The number of hydrogen-bond acceptors (Lipinski definition) is 7. The zero-order valence-corrected chi connectivity index (χ0v) is 17.2. The third kappa shape index (κ3) is 6.33. The van der Waals surface area contributed by atoms with Crippen LogP contribution in [0.4, 0.5) is 9.80 Å². The number of nitrogens with one attached hydrogen (secondary N) is 1. The van der Waals surface area contributed by atoms with Crippen molar-refractivity contribution in [3.05, 3.63) is 16.0 Å². The summed E-state index contributed by atoms with van der Waals surface area (Å²) in [5.41, 5.74) is -0.146. The number of ether oxygens (including phenoxy) is 3. The third-order valence-electron chi connectivity index (χ3n) is 2.97. The number of rotatable bonds is 6. The van der Waals surface area contributed by atoms with Crippen molar-refractivity contribution in [2.24, 2.45) is 5.92 Å². The fraction of sp³-hybridized carbons (Fsp3) is 0.611. The Morgan fingerprint density at radius 1 is 1.12 bits per heavy atom. The number of esters is 2. The van der Waals surface area contributed by atoms with Crippen LogP contribution in [0.25, 0.3) is 0 Å². The molecule has 0 radical (unpaired) electrons. The Morgan fingerprint density at radius 2 is 1.73 bits per heavy atom. The summed E-state index contributed by atoms with van der Waals surface area (Å²) in [6, 6.07) is 0. The van der Waals surface area contributed by atoms with E-state index in [-0.39, 0.29) is 34.6 Å².